The molecule has 0 unspecified atom stereocenters. The number of nitrogens with zero attached hydrogens (tertiary/aromatic N) is 6. The van der Waals surface area contributed by atoms with Gasteiger partial charge in [0.2, 0.25) is 0 Å². The number of fused-ring (bicyclic) bond motifs is 2. The van der Waals surface area contributed by atoms with Crippen molar-refractivity contribution in [3.05, 3.63) is 60.6 Å². The number of anilines is 1. The number of carboxylic acid groups (broad SMARTS) is 1. The summed E-state index contributed by atoms with van der Waals surface area (Å²) in [5.41, 5.74) is 12.2. The maximum atomic E-state index is 11.4. The van der Waals surface area contributed by atoms with Crippen LogP contribution < -0.4 is 5.73 Å². The molecule has 5 aromatic rings. The lowest BCUT2D eigenvalue weighted by Gasteiger charge is -2.26. The van der Waals surface area contributed by atoms with E-state index in [9.17, 15) is 9.90 Å². The zero-order valence-electron chi connectivity index (χ0n) is 19.8. The van der Waals surface area contributed by atoms with Crippen LogP contribution in [0.15, 0.2) is 55.0 Å². The topological polar surface area (TPSA) is 133 Å². The minimum absolute atomic E-state index is 0.0581. The maximum Gasteiger partial charge on any atom is 0.306 e. The third kappa shape index (κ3) is 3.73. The highest BCUT2D eigenvalue weighted by Gasteiger charge is 2.29. The second-order valence-corrected chi connectivity index (χ2v) is 9.37. The summed E-state index contributed by atoms with van der Waals surface area (Å²) in [6, 6.07) is 14.0. The molecule has 0 atom stereocenters. The molecule has 1 saturated carbocycles. The lowest BCUT2D eigenvalue weighted by Crippen LogP contribution is -2.24. The summed E-state index contributed by atoms with van der Waals surface area (Å²) in [4.78, 5) is 29.5. The fraction of sp³-hybridized carbons (Fsp3) is 0.259. The van der Waals surface area contributed by atoms with Gasteiger partial charge in [0.1, 0.15) is 17.8 Å². The van der Waals surface area contributed by atoms with Gasteiger partial charge >= 0.3 is 5.97 Å². The molecule has 1 aliphatic carbocycles. The van der Waals surface area contributed by atoms with Gasteiger partial charge in [0, 0.05) is 17.1 Å². The molecule has 0 amide bonds. The Morgan fingerprint density at radius 3 is 2.61 bits per heavy atom. The first-order valence-electron chi connectivity index (χ1n) is 12.0. The predicted molar refractivity (Wildman–Crippen MR) is 137 cm³/mol. The van der Waals surface area contributed by atoms with Crippen molar-refractivity contribution in [3.63, 3.8) is 0 Å². The average molecular weight is 480 g/mol. The predicted octanol–water partition coefficient (Wildman–Crippen LogP) is 4.81. The average Bonchev–Trinajstić information content (AvgIpc) is 3.30. The van der Waals surface area contributed by atoms with Crippen molar-refractivity contribution in [1.82, 2.24) is 29.7 Å². The van der Waals surface area contributed by atoms with E-state index in [2.05, 4.69) is 27.9 Å². The van der Waals surface area contributed by atoms with Gasteiger partial charge in [-0.05, 0) is 62.4 Å². The van der Waals surface area contributed by atoms with Crippen LogP contribution >= 0.6 is 0 Å². The molecule has 9 nitrogen and oxygen atoms in total. The number of carboxylic acids is 1. The highest BCUT2D eigenvalue weighted by atomic mass is 16.4. The number of carbonyl (C=O) groups is 1. The highest BCUT2D eigenvalue weighted by Crippen LogP contribution is 2.38. The van der Waals surface area contributed by atoms with E-state index in [1.54, 1.807) is 6.20 Å². The Morgan fingerprint density at radius 2 is 1.86 bits per heavy atom. The molecule has 0 bridgehead atoms. The summed E-state index contributed by atoms with van der Waals surface area (Å²) in [6.07, 6.45) is 5.90. The van der Waals surface area contributed by atoms with Gasteiger partial charge in [0.05, 0.1) is 34.3 Å². The SMILES string of the molecule is Cc1cc(-c2ccccn2)nc2cc(-c3nn(C4CCC(C(=O)O)CC4)c4ncnc(N)c34)ccc12. The molecule has 180 valence electrons. The van der Waals surface area contributed by atoms with E-state index in [1.807, 2.05) is 41.1 Å². The van der Waals surface area contributed by atoms with Crippen molar-refractivity contribution in [1.29, 1.82) is 0 Å². The van der Waals surface area contributed by atoms with Gasteiger partial charge in [-0.15, -0.1) is 0 Å². The molecule has 0 aliphatic heterocycles. The van der Waals surface area contributed by atoms with Crippen LogP contribution in [0.5, 0.6) is 0 Å². The molecular formula is C27H25N7O2. The largest absolute Gasteiger partial charge is 0.481 e. The van der Waals surface area contributed by atoms with Gasteiger partial charge in [-0.25, -0.2) is 19.6 Å². The lowest BCUT2D eigenvalue weighted by molar-refractivity contribution is -0.143. The van der Waals surface area contributed by atoms with Crippen LogP contribution in [0.3, 0.4) is 0 Å². The van der Waals surface area contributed by atoms with Gasteiger partial charge in [-0.1, -0.05) is 18.2 Å². The summed E-state index contributed by atoms with van der Waals surface area (Å²) in [5, 5.41) is 16.1. The number of hydrogen-bond acceptors (Lipinski definition) is 7. The third-order valence-corrected chi connectivity index (χ3v) is 7.13. The lowest BCUT2D eigenvalue weighted by atomic mass is 9.86. The number of hydrogen-bond donors (Lipinski definition) is 2. The number of pyridine rings is 2. The van der Waals surface area contributed by atoms with Gasteiger partial charge in [0.25, 0.3) is 0 Å². The summed E-state index contributed by atoms with van der Waals surface area (Å²) in [7, 11) is 0. The molecule has 3 N–H and O–H groups in total. The Hall–Kier alpha value is -4.40. The van der Waals surface area contributed by atoms with E-state index >= 15 is 0 Å². The van der Waals surface area contributed by atoms with E-state index in [4.69, 9.17) is 15.8 Å². The van der Waals surface area contributed by atoms with Crippen LogP contribution in [0.2, 0.25) is 0 Å². The molecule has 1 aromatic carbocycles. The molecule has 0 spiro atoms. The number of benzene rings is 1. The van der Waals surface area contributed by atoms with Crippen molar-refractivity contribution >= 4 is 33.7 Å². The van der Waals surface area contributed by atoms with E-state index in [-0.39, 0.29) is 12.0 Å². The first kappa shape index (κ1) is 22.1. The van der Waals surface area contributed by atoms with E-state index < -0.39 is 5.97 Å². The van der Waals surface area contributed by atoms with Crippen LogP contribution in [0, 0.1) is 12.8 Å². The maximum absolute atomic E-state index is 11.4. The summed E-state index contributed by atoms with van der Waals surface area (Å²) in [5.74, 6) is -0.660. The number of nitrogens with two attached hydrogens (primary N) is 1. The summed E-state index contributed by atoms with van der Waals surface area (Å²) >= 11 is 0. The zero-order chi connectivity index (χ0) is 24.8. The molecule has 0 saturated heterocycles. The van der Waals surface area contributed by atoms with Crippen molar-refractivity contribution in [2.24, 2.45) is 5.92 Å². The fourth-order valence-corrected chi connectivity index (χ4v) is 5.21. The second kappa shape index (κ2) is 8.67. The number of aromatic nitrogens is 6. The molecule has 0 radical (unpaired) electrons. The normalized spacial score (nSPS) is 18.0. The molecular weight excluding hydrogens is 454 g/mol. The Kier molecular flexibility index (Phi) is 5.32. The standard InChI is InChI=1S/C27H25N7O2/c1-15-12-22(20-4-2-3-11-29-20)32-21-13-17(7-10-19(15)21)24-23-25(28)30-14-31-26(23)34(33-24)18-8-5-16(6-9-18)27(35)36/h2-4,7,10-14,16,18H,5-6,8-9H2,1H3,(H,35,36)(H2,28,30,31). The Labute approximate surface area is 207 Å². The van der Waals surface area contributed by atoms with Crippen LogP contribution in [0.25, 0.3) is 44.6 Å². The fourth-order valence-electron chi connectivity index (χ4n) is 5.21. The molecule has 6 rings (SSSR count). The summed E-state index contributed by atoms with van der Waals surface area (Å²) in [6.45, 7) is 2.07. The summed E-state index contributed by atoms with van der Waals surface area (Å²) < 4.78 is 1.91. The third-order valence-electron chi connectivity index (χ3n) is 7.13. The van der Waals surface area contributed by atoms with Crippen molar-refractivity contribution in [2.75, 3.05) is 5.73 Å². The number of aryl methyl sites for hydroxylation is 1. The van der Waals surface area contributed by atoms with E-state index in [0.29, 0.717) is 35.4 Å². The van der Waals surface area contributed by atoms with Crippen LogP contribution in [0.4, 0.5) is 5.82 Å². The Bertz CT molecular complexity index is 1610. The van der Waals surface area contributed by atoms with Crippen molar-refractivity contribution in [2.45, 2.75) is 38.6 Å². The van der Waals surface area contributed by atoms with Crippen molar-refractivity contribution in [3.8, 4) is 22.6 Å². The van der Waals surface area contributed by atoms with Gasteiger partial charge in [-0.3, -0.25) is 9.78 Å². The van der Waals surface area contributed by atoms with E-state index in [0.717, 1.165) is 46.3 Å². The van der Waals surface area contributed by atoms with E-state index in [1.165, 1.54) is 6.33 Å². The minimum Gasteiger partial charge on any atom is -0.481 e. The number of nitrogen functional groups attached to an aromatic ring is 1. The van der Waals surface area contributed by atoms with Gasteiger partial charge < -0.3 is 10.8 Å². The molecule has 4 heterocycles. The monoisotopic (exact) mass is 479 g/mol. The molecule has 36 heavy (non-hydrogen) atoms. The minimum atomic E-state index is -0.727. The highest BCUT2D eigenvalue weighted by molar-refractivity contribution is 6.00. The Balaban J connectivity index is 1.47. The van der Waals surface area contributed by atoms with Crippen LogP contribution in [-0.2, 0) is 4.79 Å². The molecule has 9 heteroatoms. The number of aliphatic carboxylic acids is 1. The smallest absolute Gasteiger partial charge is 0.306 e. The zero-order valence-corrected chi connectivity index (χ0v) is 19.8. The molecule has 1 fully saturated rings. The van der Waals surface area contributed by atoms with Gasteiger partial charge in [0.15, 0.2) is 5.65 Å². The number of rotatable bonds is 4. The molecule has 1 aliphatic rings. The van der Waals surface area contributed by atoms with Gasteiger partial charge in [-0.2, -0.15) is 5.10 Å². The van der Waals surface area contributed by atoms with Crippen molar-refractivity contribution < 1.29 is 9.90 Å². The second-order valence-electron chi connectivity index (χ2n) is 9.37. The molecule has 4 aromatic heterocycles. The quantitative estimate of drug-likeness (QED) is 0.375. The first-order valence-corrected chi connectivity index (χ1v) is 12.0. The van der Waals surface area contributed by atoms with Crippen LogP contribution in [-0.4, -0.2) is 40.8 Å². The Morgan fingerprint density at radius 1 is 1.03 bits per heavy atom. The van der Waals surface area contributed by atoms with Crippen LogP contribution in [0.1, 0.15) is 37.3 Å². The first-order chi connectivity index (χ1) is 17.5.